The first kappa shape index (κ1) is 22.8. The minimum atomic E-state index is 0.0852. The van der Waals surface area contributed by atoms with Gasteiger partial charge in [-0.1, -0.05) is 12.1 Å². The molecule has 1 aliphatic heterocycles. The smallest absolute Gasteiger partial charge is 0.322 e. The molecule has 178 valence electrons. The van der Waals surface area contributed by atoms with Crippen molar-refractivity contribution in [3.05, 3.63) is 41.6 Å². The number of ketones is 1. The van der Waals surface area contributed by atoms with Crippen LogP contribution in [0.15, 0.2) is 40.4 Å². The topological polar surface area (TPSA) is 109 Å². The van der Waals surface area contributed by atoms with Crippen LogP contribution in [0.3, 0.4) is 0 Å². The normalized spacial score (nSPS) is 17.0. The van der Waals surface area contributed by atoms with Crippen LogP contribution in [0.4, 0.5) is 11.8 Å². The number of hydrogen-bond donors (Lipinski definition) is 2. The lowest BCUT2D eigenvalue weighted by molar-refractivity contribution is -0.116. The summed E-state index contributed by atoms with van der Waals surface area (Å²) in [6.07, 6.45) is 4.81. The Labute approximate surface area is 203 Å². The molecular weight excluding hydrogens is 450 g/mol. The maximum absolute atomic E-state index is 11.4. The SMILES string of the molecule is CC(=O)Cc1ccc(Sc2nc(Nc3cc(C4CC4)[nH]n3)nc(OC3CCN(C)CC3)n2)cc1. The number of piperidine rings is 1. The lowest BCUT2D eigenvalue weighted by atomic mass is 10.1. The molecule has 0 unspecified atom stereocenters. The molecule has 0 amide bonds. The van der Waals surface area contributed by atoms with Crippen LogP contribution in [0.2, 0.25) is 0 Å². The molecular formula is C24H29N7O2S. The van der Waals surface area contributed by atoms with E-state index in [0.717, 1.165) is 42.1 Å². The molecule has 2 N–H and O–H groups in total. The summed E-state index contributed by atoms with van der Waals surface area (Å²) in [5.74, 6) is 1.82. The van der Waals surface area contributed by atoms with Crippen LogP contribution in [-0.2, 0) is 11.2 Å². The van der Waals surface area contributed by atoms with E-state index < -0.39 is 0 Å². The molecule has 0 spiro atoms. The van der Waals surface area contributed by atoms with Crippen molar-refractivity contribution in [3.63, 3.8) is 0 Å². The molecule has 9 nitrogen and oxygen atoms in total. The third-order valence-electron chi connectivity index (χ3n) is 5.97. The number of likely N-dealkylation sites (tertiary alicyclic amines) is 1. The third-order valence-corrected chi connectivity index (χ3v) is 6.85. The molecule has 34 heavy (non-hydrogen) atoms. The maximum Gasteiger partial charge on any atom is 0.322 e. The molecule has 2 aromatic heterocycles. The van der Waals surface area contributed by atoms with Gasteiger partial charge < -0.3 is 15.0 Å². The molecule has 0 atom stereocenters. The highest BCUT2D eigenvalue weighted by Crippen LogP contribution is 2.39. The molecule has 1 saturated carbocycles. The van der Waals surface area contributed by atoms with Crippen molar-refractivity contribution in [2.24, 2.45) is 0 Å². The average Bonchev–Trinajstić information content (AvgIpc) is 3.55. The fourth-order valence-corrected chi connectivity index (χ4v) is 4.67. The first-order valence-electron chi connectivity index (χ1n) is 11.7. The summed E-state index contributed by atoms with van der Waals surface area (Å²) in [5, 5.41) is 11.2. The number of benzene rings is 1. The van der Waals surface area contributed by atoms with Gasteiger partial charge in [-0.3, -0.25) is 9.89 Å². The summed E-state index contributed by atoms with van der Waals surface area (Å²) in [5.41, 5.74) is 2.13. The molecule has 10 heteroatoms. The van der Waals surface area contributed by atoms with Crippen molar-refractivity contribution < 1.29 is 9.53 Å². The second-order valence-corrected chi connectivity index (χ2v) is 10.1. The quantitative estimate of drug-likeness (QED) is 0.471. The first-order chi connectivity index (χ1) is 16.5. The minimum absolute atomic E-state index is 0.0852. The average molecular weight is 480 g/mol. The molecule has 3 heterocycles. The largest absolute Gasteiger partial charge is 0.460 e. The number of aromatic amines is 1. The van der Waals surface area contributed by atoms with Gasteiger partial charge in [-0.15, -0.1) is 0 Å². The van der Waals surface area contributed by atoms with Crippen molar-refractivity contribution in [1.29, 1.82) is 0 Å². The standard InChI is InChI=1S/C24H29N7O2S/c1-15(32)13-16-3-7-19(8-4-16)34-24-27-22(25-21-14-20(29-30-21)17-5-6-17)26-23(28-24)33-18-9-11-31(2)12-10-18/h3-4,7-8,14,17-18H,5-6,9-13H2,1-2H3,(H2,25,26,27,28,29,30). The zero-order valence-electron chi connectivity index (χ0n) is 19.5. The van der Waals surface area contributed by atoms with Gasteiger partial charge in [-0.25, -0.2) is 0 Å². The number of anilines is 2. The fourth-order valence-electron chi connectivity index (χ4n) is 3.93. The lowest BCUT2D eigenvalue weighted by Crippen LogP contribution is -2.36. The van der Waals surface area contributed by atoms with Gasteiger partial charge in [-0.05, 0) is 69.1 Å². The van der Waals surface area contributed by atoms with Crippen molar-refractivity contribution in [3.8, 4) is 6.01 Å². The summed E-state index contributed by atoms with van der Waals surface area (Å²) in [6.45, 7) is 3.58. The van der Waals surface area contributed by atoms with Crippen LogP contribution >= 0.6 is 11.8 Å². The number of nitrogens with zero attached hydrogens (tertiary/aromatic N) is 5. The highest BCUT2D eigenvalue weighted by Gasteiger charge is 2.26. The molecule has 3 aromatic rings. The Kier molecular flexibility index (Phi) is 6.77. The van der Waals surface area contributed by atoms with E-state index in [2.05, 4.69) is 42.4 Å². The second kappa shape index (κ2) is 10.1. The Bertz CT molecular complexity index is 1140. The Hall–Kier alpha value is -2.98. The summed E-state index contributed by atoms with van der Waals surface area (Å²) < 4.78 is 6.17. The zero-order valence-corrected chi connectivity index (χ0v) is 20.3. The Morgan fingerprint density at radius 1 is 1.15 bits per heavy atom. The van der Waals surface area contributed by atoms with Crippen molar-refractivity contribution in [2.45, 2.75) is 61.1 Å². The Morgan fingerprint density at radius 3 is 2.62 bits per heavy atom. The van der Waals surface area contributed by atoms with E-state index in [9.17, 15) is 4.79 Å². The number of H-pyrrole nitrogens is 1. The second-order valence-electron chi connectivity index (χ2n) is 9.08. The number of ether oxygens (including phenoxy) is 1. The summed E-state index contributed by atoms with van der Waals surface area (Å²) in [4.78, 5) is 28.4. The summed E-state index contributed by atoms with van der Waals surface area (Å²) in [7, 11) is 2.12. The van der Waals surface area contributed by atoms with Crippen molar-refractivity contribution in [2.75, 3.05) is 25.5 Å². The van der Waals surface area contributed by atoms with E-state index in [4.69, 9.17) is 4.74 Å². The summed E-state index contributed by atoms with van der Waals surface area (Å²) >= 11 is 1.43. The Balaban J connectivity index is 1.34. The molecule has 0 radical (unpaired) electrons. The highest BCUT2D eigenvalue weighted by atomic mass is 32.2. The van der Waals surface area contributed by atoms with E-state index in [-0.39, 0.29) is 11.9 Å². The molecule has 1 aromatic carbocycles. The van der Waals surface area contributed by atoms with Crippen LogP contribution < -0.4 is 10.1 Å². The van der Waals surface area contributed by atoms with Crippen LogP contribution in [0, 0.1) is 0 Å². The van der Waals surface area contributed by atoms with Gasteiger partial charge in [0.05, 0.1) is 0 Å². The number of aromatic nitrogens is 5. The number of hydrogen-bond acceptors (Lipinski definition) is 9. The number of Topliss-reactive ketones (excluding diaryl/α,β-unsaturated/α-hetero) is 1. The van der Waals surface area contributed by atoms with Gasteiger partial charge >= 0.3 is 6.01 Å². The molecule has 5 rings (SSSR count). The number of rotatable bonds is 9. The summed E-state index contributed by atoms with van der Waals surface area (Å²) in [6, 6.07) is 10.2. The predicted molar refractivity (Wildman–Crippen MR) is 130 cm³/mol. The molecule has 1 aliphatic carbocycles. The minimum Gasteiger partial charge on any atom is -0.460 e. The van der Waals surface area contributed by atoms with Gasteiger partial charge in [0.25, 0.3) is 0 Å². The zero-order chi connectivity index (χ0) is 23.5. The van der Waals surface area contributed by atoms with Gasteiger partial charge in [0.2, 0.25) is 11.1 Å². The number of nitrogens with one attached hydrogen (secondary N) is 2. The van der Waals surface area contributed by atoms with E-state index in [1.807, 2.05) is 30.3 Å². The van der Waals surface area contributed by atoms with E-state index in [0.29, 0.717) is 35.3 Å². The van der Waals surface area contributed by atoms with E-state index in [1.54, 1.807) is 6.92 Å². The van der Waals surface area contributed by atoms with Crippen LogP contribution in [0.1, 0.15) is 49.8 Å². The van der Waals surface area contributed by atoms with Gasteiger partial charge in [0.1, 0.15) is 11.9 Å². The van der Waals surface area contributed by atoms with Crippen molar-refractivity contribution >= 4 is 29.3 Å². The monoisotopic (exact) mass is 479 g/mol. The van der Waals surface area contributed by atoms with Gasteiger partial charge in [0, 0.05) is 42.1 Å². The van der Waals surface area contributed by atoms with Gasteiger partial charge in [-0.2, -0.15) is 20.1 Å². The number of carbonyl (C=O) groups excluding carboxylic acids is 1. The first-order valence-corrected chi connectivity index (χ1v) is 12.5. The van der Waals surface area contributed by atoms with Crippen molar-refractivity contribution in [1.82, 2.24) is 30.0 Å². The molecule has 2 fully saturated rings. The number of carbonyl (C=O) groups is 1. The third kappa shape index (κ3) is 6.12. The van der Waals surface area contributed by atoms with E-state index >= 15 is 0 Å². The predicted octanol–water partition coefficient (Wildman–Crippen LogP) is 3.97. The van der Waals surface area contributed by atoms with Crippen LogP contribution in [0.5, 0.6) is 6.01 Å². The fraction of sp³-hybridized carbons (Fsp3) is 0.458. The Morgan fingerprint density at radius 2 is 1.91 bits per heavy atom. The van der Waals surface area contributed by atoms with Gasteiger partial charge in [0.15, 0.2) is 5.82 Å². The van der Waals surface area contributed by atoms with Crippen LogP contribution in [0.25, 0.3) is 0 Å². The highest BCUT2D eigenvalue weighted by molar-refractivity contribution is 7.99. The maximum atomic E-state index is 11.4. The van der Waals surface area contributed by atoms with Crippen LogP contribution in [-0.4, -0.2) is 62.1 Å². The van der Waals surface area contributed by atoms with E-state index in [1.165, 1.54) is 24.6 Å². The molecule has 1 saturated heterocycles. The molecule has 0 bridgehead atoms. The lowest BCUT2D eigenvalue weighted by Gasteiger charge is -2.28. The molecule has 2 aliphatic rings.